The molecule has 0 fully saturated rings. The van der Waals surface area contributed by atoms with Crippen molar-refractivity contribution >= 4 is 67.4 Å². The summed E-state index contributed by atoms with van der Waals surface area (Å²) in [5.74, 6) is 0.0493. The Labute approximate surface area is 157 Å². The van der Waals surface area contributed by atoms with Crippen molar-refractivity contribution in [2.45, 2.75) is 6.92 Å². The molecule has 0 unspecified atom stereocenters. The molecule has 1 amide bonds. The summed E-state index contributed by atoms with van der Waals surface area (Å²) in [6, 6.07) is 8.50. The van der Waals surface area contributed by atoms with Crippen molar-refractivity contribution in [1.29, 1.82) is 0 Å². The Kier molecular flexibility index (Phi) is 5.15. The lowest BCUT2D eigenvalue weighted by Crippen LogP contribution is -2.20. The molecule has 8 heteroatoms. The number of aryl methyl sites for hydroxylation is 1. The Bertz CT molecular complexity index is 888. The maximum Gasteiger partial charge on any atom is 0.264 e. The van der Waals surface area contributed by atoms with Crippen molar-refractivity contribution in [2.75, 3.05) is 11.9 Å². The number of rotatable bonds is 4. The van der Waals surface area contributed by atoms with Crippen LogP contribution in [0.15, 0.2) is 30.3 Å². The minimum atomic E-state index is -0.339. The number of carbonyl (C=O) groups is 1. The number of nitrogens with one attached hydrogen (secondary N) is 1. The third-order valence-corrected chi connectivity index (χ3v) is 5.16. The van der Waals surface area contributed by atoms with E-state index in [4.69, 9.17) is 39.5 Å². The lowest BCUT2D eigenvalue weighted by Gasteiger charge is -2.07. The zero-order valence-electron chi connectivity index (χ0n) is 12.4. The number of hydrogen-bond donors (Lipinski definition) is 1. The third-order valence-electron chi connectivity index (χ3n) is 3.20. The highest BCUT2D eigenvalue weighted by atomic mass is 35.5. The molecule has 0 aliphatic rings. The molecule has 1 N–H and O–H groups in total. The Morgan fingerprint density at radius 3 is 2.71 bits per heavy atom. The topological polar surface area (TPSA) is 51.2 Å². The number of anilines is 1. The average molecular weight is 402 g/mol. The van der Waals surface area contributed by atoms with Gasteiger partial charge in [-0.3, -0.25) is 10.1 Å². The highest BCUT2D eigenvalue weighted by Gasteiger charge is 2.13. The van der Waals surface area contributed by atoms with Crippen LogP contribution in [0.1, 0.15) is 5.56 Å². The van der Waals surface area contributed by atoms with Crippen LogP contribution in [-0.2, 0) is 4.79 Å². The first kappa shape index (κ1) is 17.3. The van der Waals surface area contributed by atoms with Crippen molar-refractivity contribution in [1.82, 2.24) is 4.98 Å². The highest BCUT2D eigenvalue weighted by molar-refractivity contribution is 7.23. The number of amides is 1. The fourth-order valence-electron chi connectivity index (χ4n) is 2.05. The molecule has 0 spiro atoms. The number of carbonyl (C=O) groups excluding carboxylic acids is 1. The van der Waals surface area contributed by atoms with E-state index in [1.807, 2.05) is 19.1 Å². The summed E-state index contributed by atoms with van der Waals surface area (Å²) in [6.45, 7) is 1.75. The van der Waals surface area contributed by atoms with Crippen LogP contribution in [0.5, 0.6) is 5.75 Å². The average Bonchev–Trinajstić information content (AvgIpc) is 2.95. The van der Waals surface area contributed by atoms with E-state index in [0.717, 1.165) is 15.8 Å². The molecule has 124 valence electrons. The maximum atomic E-state index is 12.0. The summed E-state index contributed by atoms with van der Waals surface area (Å²) >= 11 is 19.3. The van der Waals surface area contributed by atoms with Crippen LogP contribution in [0.4, 0.5) is 5.13 Å². The van der Waals surface area contributed by atoms with E-state index in [9.17, 15) is 4.79 Å². The van der Waals surface area contributed by atoms with Crippen LogP contribution in [0.2, 0.25) is 15.1 Å². The predicted molar refractivity (Wildman–Crippen MR) is 100.0 cm³/mol. The molecule has 0 aliphatic carbocycles. The van der Waals surface area contributed by atoms with Crippen LogP contribution in [0, 0.1) is 6.92 Å². The predicted octanol–water partition coefficient (Wildman–Crippen LogP) is 5.58. The van der Waals surface area contributed by atoms with Crippen molar-refractivity contribution in [2.24, 2.45) is 0 Å². The fourth-order valence-corrected chi connectivity index (χ4v) is 3.74. The molecule has 0 saturated carbocycles. The third kappa shape index (κ3) is 3.75. The molecular weight excluding hydrogens is 391 g/mol. The largest absolute Gasteiger partial charge is 0.482 e. The first-order valence-electron chi connectivity index (χ1n) is 6.87. The Hall–Kier alpha value is -1.53. The fraction of sp³-hybridized carbons (Fsp3) is 0.125. The van der Waals surface area contributed by atoms with Gasteiger partial charge in [0.1, 0.15) is 5.75 Å². The first-order chi connectivity index (χ1) is 11.4. The molecule has 1 heterocycles. The van der Waals surface area contributed by atoms with E-state index in [-0.39, 0.29) is 12.5 Å². The molecule has 0 radical (unpaired) electrons. The van der Waals surface area contributed by atoms with Gasteiger partial charge < -0.3 is 4.74 Å². The number of fused-ring (bicyclic) bond motifs is 1. The second kappa shape index (κ2) is 7.15. The minimum absolute atomic E-state index is 0.190. The molecule has 2 aromatic carbocycles. The van der Waals surface area contributed by atoms with Gasteiger partial charge in [0.25, 0.3) is 5.91 Å². The van der Waals surface area contributed by atoms with E-state index in [0.29, 0.717) is 25.9 Å². The van der Waals surface area contributed by atoms with Crippen molar-refractivity contribution in [3.05, 3.63) is 51.0 Å². The lowest BCUT2D eigenvalue weighted by molar-refractivity contribution is -0.118. The van der Waals surface area contributed by atoms with Gasteiger partial charge in [0.05, 0.1) is 20.3 Å². The molecular formula is C16H11Cl3N2O2S. The summed E-state index contributed by atoms with van der Waals surface area (Å²) in [5.41, 5.74) is 1.78. The minimum Gasteiger partial charge on any atom is -0.482 e. The molecule has 0 atom stereocenters. The van der Waals surface area contributed by atoms with Gasteiger partial charge in [-0.1, -0.05) is 52.2 Å². The summed E-state index contributed by atoms with van der Waals surface area (Å²) in [6.07, 6.45) is 0. The van der Waals surface area contributed by atoms with Crippen LogP contribution in [-0.4, -0.2) is 17.5 Å². The highest BCUT2D eigenvalue weighted by Crippen LogP contribution is 2.34. The van der Waals surface area contributed by atoms with Gasteiger partial charge in [-0.15, -0.1) is 0 Å². The Balaban J connectivity index is 1.69. The van der Waals surface area contributed by atoms with Gasteiger partial charge in [0.2, 0.25) is 0 Å². The van der Waals surface area contributed by atoms with Gasteiger partial charge in [-0.25, -0.2) is 4.98 Å². The molecule has 4 nitrogen and oxygen atoms in total. The molecule has 1 aromatic heterocycles. The van der Waals surface area contributed by atoms with Gasteiger partial charge in [-0.2, -0.15) is 0 Å². The Morgan fingerprint density at radius 1 is 1.21 bits per heavy atom. The number of halogens is 3. The molecule has 0 saturated heterocycles. The monoisotopic (exact) mass is 400 g/mol. The molecule has 3 rings (SSSR count). The van der Waals surface area contributed by atoms with Crippen LogP contribution in [0.3, 0.4) is 0 Å². The van der Waals surface area contributed by atoms with Gasteiger partial charge in [0, 0.05) is 5.02 Å². The normalized spacial score (nSPS) is 10.8. The number of nitrogens with zero attached hydrogens (tertiary/aromatic N) is 1. The number of thiazole rings is 1. The van der Waals surface area contributed by atoms with Crippen molar-refractivity contribution in [3.8, 4) is 5.75 Å². The standard InChI is InChI=1S/C16H11Cl3N2O2S/c1-8-2-4-10(18)15-14(8)21-16(24-15)20-13(22)7-23-12-5-3-9(17)6-11(12)19/h2-6H,7H2,1H3,(H,20,21,22). The summed E-state index contributed by atoms with van der Waals surface area (Å²) < 4.78 is 6.24. The van der Waals surface area contributed by atoms with E-state index in [1.54, 1.807) is 18.2 Å². The molecule has 0 bridgehead atoms. The van der Waals surface area contributed by atoms with Gasteiger partial charge in [0.15, 0.2) is 11.7 Å². The van der Waals surface area contributed by atoms with Gasteiger partial charge >= 0.3 is 0 Å². The van der Waals surface area contributed by atoms with Crippen molar-refractivity contribution < 1.29 is 9.53 Å². The van der Waals surface area contributed by atoms with Crippen LogP contribution in [0.25, 0.3) is 10.2 Å². The lowest BCUT2D eigenvalue weighted by atomic mass is 10.2. The van der Waals surface area contributed by atoms with Gasteiger partial charge in [-0.05, 0) is 36.8 Å². The second-order valence-corrected chi connectivity index (χ2v) is 7.22. The number of ether oxygens (including phenoxy) is 1. The van der Waals surface area contributed by atoms with E-state index >= 15 is 0 Å². The maximum absolute atomic E-state index is 12.0. The zero-order valence-corrected chi connectivity index (χ0v) is 15.5. The zero-order chi connectivity index (χ0) is 17.3. The van der Waals surface area contributed by atoms with Crippen molar-refractivity contribution in [3.63, 3.8) is 0 Å². The molecule has 24 heavy (non-hydrogen) atoms. The summed E-state index contributed by atoms with van der Waals surface area (Å²) in [5, 5.41) is 4.62. The second-order valence-electron chi connectivity index (χ2n) is 4.97. The summed E-state index contributed by atoms with van der Waals surface area (Å²) in [7, 11) is 0. The van der Waals surface area contributed by atoms with E-state index in [1.165, 1.54) is 11.3 Å². The summed E-state index contributed by atoms with van der Waals surface area (Å²) in [4.78, 5) is 16.4. The SMILES string of the molecule is Cc1ccc(Cl)c2sc(NC(=O)COc3ccc(Cl)cc3Cl)nc12. The van der Waals surface area contributed by atoms with Crippen LogP contribution < -0.4 is 10.1 Å². The molecule has 3 aromatic rings. The smallest absolute Gasteiger partial charge is 0.264 e. The van der Waals surface area contributed by atoms with E-state index in [2.05, 4.69) is 10.3 Å². The molecule has 0 aliphatic heterocycles. The quantitative estimate of drug-likeness (QED) is 0.620. The number of benzene rings is 2. The van der Waals surface area contributed by atoms with Crippen LogP contribution >= 0.6 is 46.1 Å². The number of hydrogen-bond acceptors (Lipinski definition) is 4. The Morgan fingerprint density at radius 2 is 2.00 bits per heavy atom. The van der Waals surface area contributed by atoms with E-state index < -0.39 is 0 Å². The first-order valence-corrected chi connectivity index (χ1v) is 8.82. The number of aromatic nitrogens is 1.